The molecule has 0 aliphatic heterocycles. The van der Waals surface area contributed by atoms with Crippen LogP contribution in [-0.4, -0.2) is 13.4 Å². The maximum atomic E-state index is 13.0. The first-order valence-corrected chi connectivity index (χ1v) is 7.34. The third-order valence-electron chi connectivity index (χ3n) is 2.23. The number of nitrogens with one attached hydrogen (secondary N) is 1. The smallest absolute Gasteiger partial charge is 0.263 e. The van der Waals surface area contributed by atoms with Gasteiger partial charge in [0.2, 0.25) is 0 Å². The average molecular weight is 346 g/mol. The molecular formula is C11H9BrFN3O2S. The zero-order chi connectivity index (χ0) is 14.0. The highest BCUT2D eigenvalue weighted by Gasteiger charge is 2.16. The maximum Gasteiger partial charge on any atom is 0.263 e. The van der Waals surface area contributed by atoms with Crippen LogP contribution in [0.4, 0.5) is 15.8 Å². The predicted molar refractivity (Wildman–Crippen MR) is 73.6 cm³/mol. The molecule has 0 saturated heterocycles. The molecule has 19 heavy (non-hydrogen) atoms. The fourth-order valence-corrected chi connectivity index (χ4v) is 3.04. The molecule has 0 aliphatic carbocycles. The Hall–Kier alpha value is -1.67. The van der Waals surface area contributed by atoms with Gasteiger partial charge in [-0.3, -0.25) is 9.71 Å². The number of benzene rings is 1. The first-order chi connectivity index (χ1) is 8.88. The highest BCUT2D eigenvalue weighted by molar-refractivity contribution is 9.10. The highest BCUT2D eigenvalue weighted by Crippen LogP contribution is 2.26. The number of sulfonamides is 1. The average Bonchev–Trinajstić information content (AvgIpc) is 2.33. The summed E-state index contributed by atoms with van der Waals surface area (Å²) in [5.74, 6) is -0.723. The van der Waals surface area contributed by atoms with Gasteiger partial charge in [0, 0.05) is 16.4 Å². The standard InChI is InChI=1S/C11H9BrFN3O2S/c12-10-4-8(14)1-2-11(10)16-19(17,18)9-3-7(13)5-15-6-9/h1-6,16H,14H2. The van der Waals surface area contributed by atoms with E-state index in [-0.39, 0.29) is 4.90 Å². The van der Waals surface area contributed by atoms with Crippen molar-refractivity contribution in [3.05, 3.63) is 46.9 Å². The summed E-state index contributed by atoms with van der Waals surface area (Å²) in [6.07, 6.45) is 1.99. The lowest BCUT2D eigenvalue weighted by Crippen LogP contribution is -2.14. The minimum atomic E-state index is -3.89. The fourth-order valence-electron chi connectivity index (χ4n) is 1.36. The fraction of sp³-hybridized carbons (Fsp3) is 0. The van der Waals surface area contributed by atoms with E-state index in [0.717, 1.165) is 18.5 Å². The Kier molecular flexibility index (Phi) is 3.72. The predicted octanol–water partition coefficient (Wildman–Crippen LogP) is 2.37. The molecule has 0 amide bonds. The Morgan fingerprint density at radius 2 is 2.00 bits per heavy atom. The second-order valence-corrected chi connectivity index (χ2v) is 6.22. The topological polar surface area (TPSA) is 85.1 Å². The number of nitrogen functional groups attached to an aromatic ring is 1. The summed E-state index contributed by atoms with van der Waals surface area (Å²) in [6, 6.07) is 5.50. The van der Waals surface area contributed by atoms with Gasteiger partial charge in [-0.1, -0.05) is 0 Å². The van der Waals surface area contributed by atoms with Crippen LogP contribution in [0.5, 0.6) is 0 Å². The minimum Gasteiger partial charge on any atom is -0.399 e. The quantitative estimate of drug-likeness (QED) is 0.836. The van der Waals surface area contributed by atoms with Crippen molar-refractivity contribution < 1.29 is 12.8 Å². The van der Waals surface area contributed by atoms with Crippen LogP contribution >= 0.6 is 15.9 Å². The van der Waals surface area contributed by atoms with Crippen molar-refractivity contribution in [1.82, 2.24) is 4.98 Å². The monoisotopic (exact) mass is 345 g/mol. The highest BCUT2D eigenvalue weighted by atomic mass is 79.9. The second-order valence-electron chi connectivity index (χ2n) is 3.68. The zero-order valence-electron chi connectivity index (χ0n) is 9.47. The number of rotatable bonds is 3. The molecule has 0 spiro atoms. The molecular weight excluding hydrogens is 337 g/mol. The number of pyridine rings is 1. The van der Waals surface area contributed by atoms with Gasteiger partial charge < -0.3 is 5.73 Å². The molecule has 0 fully saturated rings. The summed E-state index contributed by atoms with van der Waals surface area (Å²) in [4.78, 5) is 3.25. The van der Waals surface area contributed by atoms with Gasteiger partial charge >= 0.3 is 0 Å². The van der Waals surface area contributed by atoms with Crippen LogP contribution in [0.3, 0.4) is 0 Å². The molecule has 1 aromatic carbocycles. The molecule has 2 rings (SSSR count). The molecule has 0 atom stereocenters. The summed E-state index contributed by atoms with van der Waals surface area (Å²) >= 11 is 3.19. The van der Waals surface area contributed by atoms with Gasteiger partial charge in [-0.25, -0.2) is 12.8 Å². The van der Waals surface area contributed by atoms with Crippen molar-refractivity contribution in [2.24, 2.45) is 0 Å². The number of nitrogens with zero attached hydrogens (tertiary/aromatic N) is 1. The molecule has 2 aromatic rings. The molecule has 3 N–H and O–H groups in total. The van der Waals surface area contributed by atoms with E-state index in [1.54, 1.807) is 12.1 Å². The summed E-state index contributed by atoms with van der Waals surface area (Å²) in [7, 11) is -3.89. The molecule has 0 unspecified atom stereocenters. The Bertz CT molecular complexity index is 722. The van der Waals surface area contributed by atoms with E-state index in [0.29, 0.717) is 15.8 Å². The lowest BCUT2D eigenvalue weighted by Gasteiger charge is -2.10. The van der Waals surface area contributed by atoms with Crippen molar-refractivity contribution in [3.63, 3.8) is 0 Å². The largest absolute Gasteiger partial charge is 0.399 e. The van der Waals surface area contributed by atoms with E-state index in [1.165, 1.54) is 6.07 Å². The number of hydrogen-bond acceptors (Lipinski definition) is 4. The molecule has 100 valence electrons. The Balaban J connectivity index is 2.36. The number of nitrogens with two attached hydrogens (primary N) is 1. The third-order valence-corrected chi connectivity index (χ3v) is 4.22. The first kappa shape index (κ1) is 13.8. The summed E-state index contributed by atoms with van der Waals surface area (Å²) < 4.78 is 39.8. The molecule has 5 nitrogen and oxygen atoms in total. The van der Waals surface area contributed by atoms with Gasteiger partial charge in [0.1, 0.15) is 10.7 Å². The summed E-state index contributed by atoms with van der Waals surface area (Å²) in [5, 5.41) is 0. The van der Waals surface area contributed by atoms with Gasteiger partial charge in [-0.05, 0) is 40.2 Å². The van der Waals surface area contributed by atoms with E-state index >= 15 is 0 Å². The number of hydrogen-bond donors (Lipinski definition) is 2. The van der Waals surface area contributed by atoms with Crippen molar-refractivity contribution in [2.75, 3.05) is 10.5 Å². The Morgan fingerprint density at radius 3 is 2.63 bits per heavy atom. The lowest BCUT2D eigenvalue weighted by molar-refractivity contribution is 0.592. The molecule has 1 aromatic heterocycles. The Morgan fingerprint density at radius 1 is 1.26 bits per heavy atom. The number of anilines is 2. The van der Waals surface area contributed by atoms with E-state index in [4.69, 9.17) is 5.73 Å². The van der Waals surface area contributed by atoms with Crippen LogP contribution in [-0.2, 0) is 10.0 Å². The summed E-state index contributed by atoms with van der Waals surface area (Å²) in [6.45, 7) is 0. The van der Waals surface area contributed by atoms with Crippen LogP contribution in [0.2, 0.25) is 0 Å². The van der Waals surface area contributed by atoms with Crippen LogP contribution < -0.4 is 10.5 Å². The lowest BCUT2D eigenvalue weighted by atomic mass is 10.3. The second kappa shape index (κ2) is 5.14. The molecule has 0 bridgehead atoms. The Labute approximate surface area is 117 Å². The number of halogens is 2. The van der Waals surface area contributed by atoms with Crippen molar-refractivity contribution >= 4 is 37.3 Å². The SMILES string of the molecule is Nc1ccc(NS(=O)(=O)c2cncc(F)c2)c(Br)c1. The van der Waals surface area contributed by atoms with E-state index in [2.05, 4.69) is 25.6 Å². The van der Waals surface area contributed by atoms with Crippen molar-refractivity contribution in [3.8, 4) is 0 Å². The van der Waals surface area contributed by atoms with Crippen molar-refractivity contribution in [1.29, 1.82) is 0 Å². The normalized spacial score (nSPS) is 11.3. The van der Waals surface area contributed by atoms with E-state index in [1.807, 2.05) is 0 Å². The molecule has 1 heterocycles. The molecule has 0 saturated carbocycles. The van der Waals surface area contributed by atoms with Crippen LogP contribution in [0.15, 0.2) is 46.0 Å². The van der Waals surface area contributed by atoms with Gasteiger partial charge in [0.15, 0.2) is 0 Å². The zero-order valence-corrected chi connectivity index (χ0v) is 11.9. The summed E-state index contributed by atoms with van der Waals surface area (Å²) in [5.41, 5.74) is 6.35. The molecule has 0 radical (unpaired) electrons. The van der Waals surface area contributed by atoms with Crippen LogP contribution in [0.25, 0.3) is 0 Å². The number of aromatic nitrogens is 1. The molecule has 0 aliphatic rings. The maximum absolute atomic E-state index is 13.0. The first-order valence-electron chi connectivity index (χ1n) is 5.07. The van der Waals surface area contributed by atoms with Gasteiger partial charge in [-0.2, -0.15) is 0 Å². The van der Waals surface area contributed by atoms with Gasteiger partial charge in [0.05, 0.1) is 11.9 Å². The molecule has 8 heteroatoms. The van der Waals surface area contributed by atoms with Crippen molar-refractivity contribution in [2.45, 2.75) is 4.90 Å². The minimum absolute atomic E-state index is 0.253. The van der Waals surface area contributed by atoms with Gasteiger partial charge in [-0.15, -0.1) is 0 Å². The van der Waals surface area contributed by atoms with Gasteiger partial charge in [0.25, 0.3) is 10.0 Å². The van der Waals surface area contributed by atoms with Crippen LogP contribution in [0.1, 0.15) is 0 Å². The third kappa shape index (κ3) is 3.21. The van der Waals surface area contributed by atoms with E-state index < -0.39 is 15.8 Å². The van der Waals surface area contributed by atoms with E-state index in [9.17, 15) is 12.8 Å². The van der Waals surface area contributed by atoms with Crippen LogP contribution in [0, 0.1) is 5.82 Å².